The molecule has 22 heavy (non-hydrogen) atoms. The summed E-state index contributed by atoms with van der Waals surface area (Å²) in [5, 5.41) is 0. The van der Waals surface area contributed by atoms with Gasteiger partial charge >= 0.3 is 5.97 Å². The summed E-state index contributed by atoms with van der Waals surface area (Å²) < 4.78 is 4.72. The maximum atomic E-state index is 11.4. The van der Waals surface area contributed by atoms with Crippen LogP contribution in [0.1, 0.15) is 48.5 Å². The lowest BCUT2D eigenvalue weighted by molar-refractivity contribution is 0.0600. The molecule has 1 aliphatic carbocycles. The summed E-state index contributed by atoms with van der Waals surface area (Å²) >= 11 is 0. The minimum atomic E-state index is -0.304. The third kappa shape index (κ3) is 4.42. The lowest BCUT2D eigenvalue weighted by Crippen LogP contribution is -2.06. The van der Waals surface area contributed by atoms with Gasteiger partial charge in [-0.2, -0.15) is 0 Å². The number of aliphatic imine (C=N–C) groups is 1. The summed E-state index contributed by atoms with van der Waals surface area (Å²) in [5.74, 6) is -0.304. The summed E-state index contributed by atoms with van der Waals surface area (Å²) in [4.78, 5) is 16.2. The molecule has 1 aromatic carbocycles. The van der Waals surface area contributed by atoms with Crippen LogP contribution in [0.25, 0.3) is 6.08 Å². The second-order valence-electron chi connectivity index (χ2n) is 5.34. The van der Waals surface area contributed by atoms with Crippen molar-refractivity contribution in [3.63, 3.8) is 0 Å². The second kappa shape index (κ2) is 8.32. The molecule has 116 valence electrons. The van der Waals surface area contributed by atoms with Crippen LogP contribution in [-0.4, -0.2) is 25.3 Å². The summed E-state index contributed by atoms with van der Waals surface area (Å²) in [6.07, 6.45) is 10.7. The van der Waals surface area contributed by atoms with E-state index in [-0.39, 0.29) is 5.97 Å². The van der Waals surface area contributed by atoms with Crippen LogP contribution in [0.5, 0.6) is 0 Å². The van der Waals surface area contributed by atoms with Crippen LogP contribution in [0.2, 0.25) is 0 Å². The number of allylic oxidation sites excluding steroid dienone is 3. The van der Waals surface area contributed by atoms with Crippen molar-refractivity contribution in [2.24, 2.45) is 4.99 Å². The molecule has 0 bridgehead atoms. The zero-order chi connectivity index (χ0) is 15.8. The van der Waals surface area contributed by atoms with Gasteiger partial charge in [-0.1, -0.05) is 37.6 Å². The zero-order valence-corrected chi connectivity index (χ0v) is 13.3. The fraction of sp³-hybridized carbons (Fsp3) is 0.368. The molecule has 0 spiro atoms. The molecule has 0 atom stereocenters. The van der Waals surface area contributed by atoms with E-state index in [2.05, 4.69) is 25.2 Å². The van der Waals surface area contributed by atoms with Crippen LogP contribution < -0.4 is 0 Å². The van der Waals surface area contributed by atoms with Gasteiger partial charge < -0.3 is 4.74 Å². The Morgan fingerprint density at radius 2 is 1.95 bits per heavy atom. The number of carbonyl (C=O) groups excluding carboxylic acids is 1. The van der Waals surface area contributed by atoms with Gasteiger partial charge in [-0.15, -0.1) is 0 Å². The molecule has 0 aliphatic heterocycles. The van der Waals surface area contributed by atoms with Crippen molar-refractivity contribution in [3.8, 4) is 0 Å². The maximum absolute atomic E-state index is 11.4. The van der Waals surface area contributed by atoms with Gasteiger partial charge in [0.15, 0.2) is 0 Å². The van der Waals surface area contributed by atoms with Crippen molar-refractivity contribution in [2.75, 3.05) is 13.7 Å². The third-order valence-electron chi connectivity index (χ3n) is 3.67. The van der Waals surface area contributed by atoms with Crippen molar-refractivity contribution < 1.29 is 9.53 Å². The SMILES string of the molecule is CCCCN=C1CC=CCC1=Cc1ccc(C(=O)OC)cc1. The number of methoxy groups -OCH3 is 1. The Kier molecular flexibility index (Phi) is 6.13. The van der Waals surface area contributed by atoms with E-state index < -0.39 is 0 Å². The van der Waals surface area contributed by atoms with E-state index in [1.165, 1.54) is 24.8 Å². The summed E-state index contributed by atoms with van der Waals surface area (Å²) in [7, 11) is 1.39. The summed E-state index contributed by atoms with van der Waals surface area (Å²) in [6.45, 7) is 3.08. The van der Waals surface area contributed by atoms with Crippen LogP contribution in [0, 0.1) is 0 Å². The highest BCUT2D eigenvalue weighted by atomic mass is 16.5. The summed E-state index contributed by atoms with van der Waals surface area (Å²) in [5.41, 5.74) is 4.11. The molecule has 0 N–H and O–H groups in total. The molecule has 3 nitrogen and oxygen atoms in total. The second-order valence-corrected chi connectivity index (χ2v) is 5.34. The number of rotatable bonds is 5. The molecule has 0 heterocycles. The van der Waals surface area contributed by atoms with Gasteiger partial charge in [0.05, 0.1) is 12.7 Å². The Bertz CT molecular complexity index is 594. The highest BCUT2D eigenvalue weighted by molar-refractivity contribution is 6.05. The first-order valence-electron chi connectivity index (χ1n) is 7.82. The minimum Gasteiger partial charge on any atom is -0.465 e. The average molecular weight is 297 g/mol. The maximum Gasteiger partial charge on any atom is 0.337 e. The van der Waals surface area contributed by atoms with Crippen LogP contribution in [0.15, 0.2) is 47.0 Å². The van der Waals surface area contributed by atoms with Gasteiger partial charge in [0.1, 0.15) is 0 Å². The van der Waals surface area contributed by atoms with E-state index in [0.717, 1.165) is 31.4 Å². The molecule has 0 unspecified atom stereocenters. The Balaban J connectivity index is 2.16. The van der Waals surface area contributed by atoms with E-state index in [4.69, 9.17) is 9.73 Å². The lowest BCUT2D eigenvalue weighted by Gasteiger charge is -2.13. The van der Waals surface area contributed by atoms with Crippen molar-refractivity contribution in [3.05, 3.63) is 53.1 Å². The Morgan fingerprint density at radius 3 is 2.64 bits per heavy atom. The quantitative estimate of drug-likeness (QED) is 0.457. The van der Waals surface area contributed by atoms with Crippen LogP contribution >= 0.6 is 0 Å². The average Bonchev–Trinajstić information content (AvgIpc) is 2.56. The number of unbranched alkanes of at least 4 members (excludes halogenated alkanes) is 1. The number of hydrogen-bond donors (Lipinski definition) is 0. The number of benzene rings is 1. The first-order valence-corrected chi connectivity index (χ1v) is 7.82. The van der Waals surface area contributed by atoms with Crippen molar-refractivity contribution in [1.82, 2.24) is 0 Å². The van der Waals surface area contributed by atoms with Crippen LogP contribution in [-0.2, 0) is 4.74 Å². The predicted molar refractivity (Wildman–Crippen MR) is 91.3 cm³/mol. The van der Waals surface area contributed by atoms with Crippen LogP contribution in [0.4, 0.5) is 0 Å². The predicted octanol–water partition coefficient (Wildman–Crippen LogP) is 4.45. The first-order chi connectivity index (χ1) is 10.7. The zero-order valence-electron chi connectivity index (χ0n) is 13.3. The Labute approximate surface area is 132 Å². The molecular weight excluding hydrogens is 274 g/mol. The fourth-order valence-corrected chi connectivity index (χ4v) is 2.37. The molecule has 3 heteroatoms. The topological polar surface area (TPSA) is 38.7 Å². The monoisotopic (exact) mass is 297 g/mol. The lowest BCUT2D eigenvalue weighted by atomic mass is 9.96. The van der Waals surface area contributed by atoms with Crippen molar-refractivity contribution in [1.29, 1.82) is 0 Å². The highest BCUT2D eigenvalue weighted by Gasteiger charge is 2.09. The Hall–Kier alpha value is -2.16. The standard InChI is InChI=1S/C19H23NO2/c1-3-4-13-20-18-8-6-5-7-17(18)14-15-9-11-16(12-10-15)19(21)22-2/h5-6,9-12,14H,3-4,7-8,13H2,1-2H3. The number of ether oxygens (including phenoxy) is 1. The van der Waals surface area contributed by atoms with Gasteiger partial charge in [0.2, 0.25) is 0 Å². The van der Waals surface area contributed by atoms with Gasteiger partial charge in [0, 0.05) is 18.7 Å². The molecule has 2 rings (SSSR count). The van der Waals surface area contributed by atoms with E-state index >= 15 is 0 Å². The van der Waals surface area contributed by atoms with Crippen LogP contribution in [0.3, 0.4) is 0 Å². The van der Waals surface area contributed by atoms with E-state index in [1.54, 1.807) is 12.1 Å². The van der Waals surface area contributed by atoms with E-state index in [1.807, 2.05) is 12.1 Å². The molecule has 1 aromatic rings. The third-order valence-corrected chi connectivity index (χ3v) is 3.67. The first kappa shape index (κ1) is 16.2. The van der Waals surface area contributed by atoms with Gasteiger partial charge in [-0.05, 0) is 42.2 Å². The molecule has 1 aliphatic rings. The Morgan fingerprint density at radius 1 is 1.23 bits per heavy atom. The number of esters is 1. The number of hydrogen-bond acceptors (Lipinski definition) is 3. The molecule has 0 aromatic heterocycles. The van der Waals surface area contributed by atoms with Gasteiger partial charge in [0.25, 0.3) is 0 Å². The van der Waals surface area contributed by atoms with Gasteiger partial charge in [-0.3, -0.25) is 4.99 Å². The molecular formula is C19H23NO2. The largest absolute Gasteiger partial charge is 0.465 e. The summed E-state index contributed by atoms with van der Waals surface area (Å²) in [6, 6.07) is 7.48. The smallest absolute Gasteiger partial charge is 0.337 e. The van der Waals surface area contributed by atoms with E-state index in [9.17, 15) is 4.79 Å². The molecule has 0 amide bonds. The molecule has 0 saturated carbocycles. The molecule has 0 saturated heterocycles. The normalized spacial score (nSPS) is 17.9. The number of nitrogens with zero attached hydrogens (tertiary/aromatic N) is 1. The fourth-order valence-electron chi connectivity index (χ4n) is 2.37. The van der Waals surface area contributed by atoms with E-state index in [0.29, 0.717) is 5.56 Å². The highest BCUT2D eigenvalue weighted by Crippen LogP contribution is 2.19. The van der Waals surface area contributed by atoms with Crippen molar-refractivity contribution in [2.45, 2.75) is 32.6 Å². The number of carbonyl (C=O) groups is 1. The van der Waals surface area contributed by atoms with Crippen molar-refractivity contribution >= 4 is 17.8 Å². The minimum absolute atomic E-state index is 0.304. The molecule has 0 fully saturated rings. The molecule has 0 radical (unpaired) electrons. The van der Waals surface area contributed by atoms with Gasteiger partial charge in [-0.25, -0.2) is 4.79 Å².